The first-order chi connectivity index (χ1) is 15.7. The Labute approximate surface area is 198 Å². The number of nitrogens with one attached hydrogen (secondary N) is 1. The highest BCUT2D eigenvalue weighted by molar-refractivity contribution is 6.07. The Kier molecular flexibility index (Phi) is 15.9. The van der Waals surface area contributed by atoms with Gasteiger partial charge in [0.05, 0.1) is 19.0 Å². The predicted octanol–water partition coefficient (Wildman–Crippen LogP) is 5.22. The first-order valence-corrected chi connectivity index (χ1v) is 11.0. The lowest BCUT2D eigenvalue weighted by Gasteiger charge is -2.14. The van der Waals surface area contributed by atoms with Gasteiger partial charge in [-0.05, 0) is 51.0 Å². The highest BCUT2D eigenvalue weighted by atomic mass is 16.5. The summed E-state index contributed by atoms with van der Waals surface area (Å²) in [4.78, 5) is 8.67. The number of unbranched alkanes of at least 4 members (excludes halogenated alkanes) is 1. The zero-order valence-corrected chi connectivity index (χ0v) is 20.2. The van der Waals surface area contributed by atoms with Crippen molar-refractivity contribution in [1.29, 1.82) is 5.41 Å². The summed E-state index contributed by atoms with van der Waals surface area (Å²) >= 11 is 0. The molecule has 0 spiro atoms. The van der Waals surface area contributed by atoms with Crippen LogP contribution in [0.2, 0.25) is 0 Å². The minimum Gasteiger partial charge on any atom is -0.516 e. The van der Waals surface area contributed by atoms with Gasteiger partial charge >= 0.3 is 0 Å². The van der Waals surface area contributed by atoms with E-state index >= 15 is 0 Å². The maximum atomic E-state index is 10.4. The van der Waals surface area contributed by atoms with Gasteiger partial charge in [-0.2, -0.15) is 0 Å². The first kappa shape index (κ1) is 30.0. The highest BCUT2D eigenvalue weighted by Crippen LogP contribution is 2.15. The molecule has 0 amide bonds. The van der Waals surface area contributed by atoms with Gasteiger partial charge in [0.15, 0.2) is 5.84 Å². The molecule has 0 radical (unpaired) electrons. The van der Waals surface area contributed by atoms with Gasteiger partial charge < -0.3 is 20.1 Å². The summed E-state index contributed by atoms with van der Waals surface area (Å²) in [5.74, 6) is 0.482. The third-order valence-corrected chi connectivity index (χ3v) is 4.78. The van der Waals surface area contributed by atoms with Crippen molar-refractivity contribution in [2.24, 2.45) is 15.9 Å². The molecule has 0 aliphatic heterocycles. The maximum Gasteiger partial charge on any atom is 0.152 e. The SMILES string of the molecule is C=C(C=CC(O)C(=C)C(=N)N=C(N=C/C=C/CC(O)/C=C/O)C(C)/C(C)=C\C)OCCCC. The van der Waals surface area contributed by atoms with Crippen LogP contribution in [0.15, 0.2) is 82.8 Å². The van der Waals surface area contributed by atoms with Crippen molar-refractivity contribution in [3.8, 4) is 0 Å². The fraction of sp³-hybridized carbons (Fsp3) is 0.423. The summed E-state index contributed by atoms with van der Waals surface area (Å²) < 4.78 is 5.43. The van der Waals surface area contributed by atoms with E-state index in [1.54, 1.807) is 18.2 Å². The third kappa shape index (κ3) is 13.2. The van der Waals surface area contributed by atoms with Crippen molar-refractivity contribution >= 4 is 17.9 Å². The van der Waals surface area contributed by atoms with Gasteiger partial charge in [-0.1, -0.05) is 51.2 Å². The number of hydrogen-bond donors (Lipinski definition) is 4. The maximum absolute atomic E-state index is 10.4. The van der Waals surface area contributed by atoms with Crippen molar-refractivity contribution in [2.75, 3.05) is 6.61 Å². The van der Waals surface area contributed by atoms with E-state index < -0.39 is 12.2 Å². The second kappa shape index (κ2) is 17.5. The number of aliphatic imine (C=N–C) groups is 2. The van der Waals surface area contributed by atoms with E-state index in [0.29, 0.717) is 24.6 Å². The fourth-order valence-corrected chi connectivity index (χ4v) is 2.30. The summed E-state index contributed by atoms with van der Waals surface area (Å²) in [7, 11) is 0. The number of nitrogens with zero attached hydrogens (tertiary/aromatic N) is 2. The minimum atomic E-state index is -1.11. The van der Waals surface area contributed by atoms with Crippen molar-refractivity contribution in [2.45, 2.75) is 59.2 Å². The molecule has 4 N–H and O–H groups in total. The van der Waals surface area contributed by atoms with Gasteiger partial charge in [0.2, 0.25) is 0 Å². The van der Waals surface area contributed by atoms with E-state index in [1.807, 2.05) is 26.8 Å². The van der Waals surface area contributed by atoms with E-state index in [2.05, 4.69) is 30.1 Å². The molecule has 0 aliphatic carbocycles. The number of rotatable bonds is 14. The topological polar surface area (TPSA) is 118 Å². The van der Waals surface area contributed by atoms with Gasteiger partial charge in [-0.3, -0.25) is 5.41 Å². The summed E-state index contributed by atoms with van der Waals surface area (Å²) in [6.45, 7) is 16.0. The van der Waals surface area contributed by atoms with Crippen molar-refractivity contribution in [3.05, 3.63) is 72.8 Å². The second-order valence-electron chi connectivity index (χ2n) is 7.42. The number of allylic oxidation sites excluding steroid dienone is 3. The lowest BCUT2D eigenvalue weighted by molar-refractivity contribution is 0.219. The number of aliphatic hydroxyl groups is 3. The Hall–Kier alpha value is -3.03. The normalized spacial score (nSPS) is 16.1. The van der Waals surface area contributed by atoms with Crippen LogP contribution in [-0.4, -0.2) is 52.0 Å². The van der Waals surface area contributed by atoms with Gasteiger partial charge in [-0.25, -0.2) is 9.98 Å². The minimum absolute atomic E-state index is 0.125. The summed E-state index contributed by atoms with van der Waals surface area (Å²) in [6.07, 6.45) is 12.3. The molecule has 7 heteroatoms. The molecule has 0 rings (SSSR count). The van der Waals surface area contributed by atoms with Crippen molar-refractivity contribution < 1.29 is 20.1 Å². The van der Waals surface area contributed by atoms with Crippen LogP contribution >= 0.6 is 0 Å². The van der Waals surface area contributed by atoms with Crippen LogP contribution in [-0.2, 0) is 4.74 Å². The van der Waals surface area contributed by atoms with Crippen LogP contribution in [0.1, 0.15) is 47.0 Å². The van der Waals surface area contributed by atoms with Crippen molar-refractivity contribution in [3.63, 3.8) is 0 Å². The third-order valence-electron chi connectivity index (χ3n) is 4.78. The van der Waals surface area contributed by atoms with Crippen LogP contribution in [0.4, 0.5) is 0 Å². The number of hydrogen-bond acceptors (Lipinski definition) is 5. The van der Waals surface area contributed by atoms with E-state index in [-0.39, 0.29) is 17.3 Å². The molecule has 0 saturated heterocycles. The molecule has 0 fully saturated rings. The Balaban J connectivity index is 5.36. The van der Waals surface area contributed by atoms with E-state index in [0.717, 1.165) is 24.7 Å². The van der Waals surface area contributed by atoms with Gasteiger partial charge in [0.25, 0.3) is 0 Å². The lowest BCUT2D eigenvalue weighted by atomic mass is 10.0. The predicted molar refractivity (Wildman–Crippen MR) is 138 cm³/mol. The van der Waals surface area contributed by atoms with Crippen LogP contribution < -0.4 is 0 Å². The highest BCUT2D eigenvalue weighted by Gasteiger charge is 2.15. The molecule has 0 heterocycles. The zero-order chi connectivity index (χ0) is 25.2. The molecule has 0 saturated carbocycles. The number of ether oxygens (including phenoxy) is 1. The number of aliphatic hydroxyl groups excluding tert-OH is 3. The molecule has 7 nitrogen and oxygen atoms in total. The Morgan fingerprint density at radius 3 is 2.52 bits per heavy atom. The van der Waals surface area contributed by atoms with Crippen LogP contribution in [0.3, 0.4) is 0 Å². The molecule has 0 aromatic heterocycles. The molecule has 182 valence electrons. The van der Waals surface area contributed by atoms with Crippen LogP contribution in [0.5, 0.6) is 0 Å². The quantitative estimate of drug-likeness (QED) is 0.0714. The summed E-state index contributed by atoms with van der Waals surface area (Å²) in [5, 5.41) is 36.8. The molecular formula is C26H39N3O4. The Bertz CT molecular complexity index is 819. The zero-order valence-electron chi connectivity index (χ0n) is 20.2. The Morgan fingerprint density at radius 2 is 1.91 bits per heavy atom. The van der Waals surface area contributed by atoms with E-state index in [4.69, 9.17) is 15.3 Å². The standard InChI is InChI=1S/C26H39N3O4/c1-7-9-18-33-20(4)13-14-24(32)22(6)25(27)29-26(21(5)19(3)8-2)28-16-11-10-12-23(31)15-17-30/h8,10-11,13-17,21,23-24,27,30-32H,4,6-7,9,12,18H2,1-3,5H3/b11-10+,14-13?,17-15+,19-8-,27-25?,28-16?,29-26?. The van der Waals surface area contributed by atoms with Gasteiger partial charge in [0, 0.05) is 17.7 Å². The largest absolute Gasteiger partial charge is 0.516 e. The number of amidine groups is 2. The molecular weight excluding hydrogens is 418 g/mol. The second-order valence-corrected chi connectivity index (χ2v) is 7.42. The van der Waals surface area contributed by atoms with E-state index in [1.165, 1.54) is 18.4 Å². The van der Waals surface area contributed by atoms with Gasteiger partial charge in [-0.15, -0.1) is 0 Å². The fourth-order valence-electron chi connectivity index (χ4n) is 2.30. The average molecular weight is 458 g/mol. The molecule has 0 aromatic rings. The molecule has 3 unspecified atom stereocenters. The summed E-state index contributed by atoms with van der Waals surface area (Å²) in [5.41, 5.74) is 1.15. The first-order valence-electron chi connectivity index (χ1n) is 11.0. The average Bonchev–Trinajstić information content (AvgIpc) is 2.80. The molecule has 33 heavy (non-hydrogen) atoms. The van der Waals surface area contributed by atoms with Crippen LogP contribution in [0, 0.1) is 11.3 Å². The van der Waals surface area contributed by atoms with E-state index in [9.17, 15) is 10.2 Å². The molecule has 0 aliphatic rings. The van der Waals surface area contributed by atoms with Crippen molar-refractivity contribution in [1.82, 2.24) is 0 Å². The molecule has 0 bridgehead atoms. The lowest BCUT2D eigenvalue weighted by Crippen LogP contribution is -2.17. The Morgan fingerprint density at radius 1 is 1.21 bits per heavy atom. The molecule has 0 aromatic carbocycles. The smallest absolute Gasteiger partial charge is 0.152 e. The van der Waals surface area contributed by atoms with Gasteiger partial charge in [0.1, 0.15) is 17.7 Å². The summed E-state index contributed by atoms with van der Waals surface area (Å²) in [6, 6.07) is 0. The van der Waals surface area contributed by atoms with Crippen LogP contribution in [0.25, 0.3) is 0 Å². The monoisotopic (exact) mass is 457 g/mol. The molecule has 3 atom stereocenters.